The molecule has 0 saturated carbocycles. The lowest BCUT2D eigenvalue weighted by atomic mass is 10.2. The molecule has 8 nitrogen and oxygen atoms in total. The minimum atomic E-state index is -3.66. The van der Waals surface area contributed by atoms with Crippen LogP contribution < -0.4 is 19.2 Å². The summed E-state index contributed by atoms with van der Waals surface area (Å²) >= 11 is 0. The minimum Gasteiger partial charge on any atom is -0.497 e. The molecule has 0 unspecified atom stereocenters. The number of methoxy groups -OCH3 is 1. The molecule has 30 heavy (non-hydrogen) atoms. The average Bonchev–Trinajstić information content (AvgIpc) is 2.73. The van der Waals surface area contributed by atoms with Crippen molar-refractivity contribution in [2.24, 2.45) is 5.10 Å². The molecule has 0 fully saturated rings. The Morgan fingerprint density at radius 1 is 1.10 bits per heavy atom. The fourth-order valence-corrected chi connectivity index (χ4v) is 3.33. The third-order valence-electron chi connectivity index (χ3n) is 4.10. The van der Waals surface area contributed by atoms with Crippen molar-refractivity contribution in [1.82, 2.24) is 5.43 Å². The van der Waals surface area contributed by atoms with Crippen LogP contribution in [0.1, 0.15) is 25.3 Å². The summed E-state index contributed by atoms with van der Waals surface area (Å²) in [5.74, 6) is 0.794. The molecule has 9 heteroatoms. The number of sulfonamides is 1. The first-order valence-corrected chi connectivity index (χ1v) is 11.3. The summed E-state index contributed by atoms with van der Waals surface area (Å²) in [6.45, 7) is 2.38. The first-order valence-electron chi connectivity index (χ1n) is 9.50. The number of carbonyl (C=O) groups excluding carboxylic acids is 1. The van der Waals surface area contributed by atoms with E-state index >= 15 is 0 Å². The molecular formula is C21H27N3O5S. The quantitative estimate of drug-likeness (QED) is 0.334. The Bertz CT molecular complexity index is 942. The Balaban J connectivity index is 1.95. The van der Waals surface area contributed by atoms with Gasteiger partial charge >= 0.3 is 0 Å². The van der Waals surface area contributed by atoms with Crippen molar-refractivity contribution in [2.45, 2.75) is 19.8 Å². The molecule has 0 aliphatic rings. The van der Waals surface area contributed by atoms with Gasteiger partial charge in [-0.3, -0.25) is 9.10 Å². The first-order chi connectivity index (χ1) is 14.3. The number of benzene rings is 2. The van der Waals surface area contributed by atoms with Crippen LogP contribution in [0.25, 0.3) is 0 Å². The van der Waals surface area contributed by atoms with Crippen LogP contribution in [0.2, 0.25) is 0 Å². The third-order valence-corrected chi connectivity index (χ3v) is 5.24. The Labute approximate surface area is 177 Å². The summed E-state index contributed by atoms with van der Waals surface area (Å²) in [6.07, 6.45) is 4.58. The molecule has 0 aliphatic heterocycles. The maximum atomic E-state index is 12.2. The van der Waals surface area contributed by atoms with Gasteiger partial charge in [0.05, 0.1) is 31.9 Å². The number of nitrogens with one attached hydrogen (secondary N) is 1. The van der Waals surface area contributed by atoms with E-state index in [4.69, 9.17) is 9.47 Å². The van der Waals surface area contributed by atoms with Gasteiger partial charge in [-0.2, -0.15) is 5.10 Å². The number of rotatable bonds is 11. The second-order valence-electron chi connectivity index (χ2n) is 6.53. The number of hydrogen-bond donors (Lipinski definition) is 1. The fraction of sp³-hybridized carbons (Fsp3) is 0.333. The number of ether oxygens (including phenoxy) is 2. The van der Waals surface area contributed by atoms with Gasteiger partial charge in [0.15, 0.2) is 0 Å². The van der Waals surface area contributed by atoms with Gasteiger partial charge in [-0.05, 0) is 60.5 Å². The molecule has 0 aromatic heterocycles. The Morgan fingerprint density at radius 3 is 2.30 bits per heavy atom. The van der Waals surface area contributed by atoms with Gasteiger partial charge in [-0.1, -0.05) is 13.3 Å². The third kappa shape index (κ3) is 7.40. The highest BCUT2D eigenvalue weighted by atomic mass is 32.2. The molecule has 0 saturated heterocycles. The molecular weight excluding hydrogens is 406 g/mol. The Hall–Kier alpha value is -3.07. The highest BCUT2D eigenvalue weighted by molar-refractivity contribution is 7.92. The Morgan fingerprint density at radius 2 is 1.73 bits per heavy atom. The van der Waals surface area contributed by atoms with Crippen LogP contribution in [0.4, 0.5) is 5.69 Å². The summed E-state index contributed by atoms with van der Waals surface area (Å²) in [5.41, 5.74) is 3.48. The highest BCUT2D eigenvalue weighted by Gasteiger charge is 2.20. The van der Waals surface area contributed by atoms with Gasteiger partial charge in [0.25, 0.3) is 5.91 Å². The lowest BCUT2D eigenvalue weighted by molar-refractivity contribution is -0.119. The Kier molecular flexibility index (Phi) is 8.67. The molecule has 2 rings (SSSR count). The van der Waals surface area contributed by atoms with Crippen LogP contribution in [0.3, 0.4) is 0 Å². The van der Waals surface area contributed by atoms with E-state index in [1.165, 1.54) is 13.3 Å². The summed E-state index contributed by atoms with van der Waals surface area (Å²) in [5, 5.41) is 3.90. The number of anilines is 1. The van der Waals surface area contributed by atoms with E-state index in [2.05, 4.69) is 17.5 Å². The number of nitrogens with zero attached hydrogens (tertiary/aromatic N) is 2. The predicted octanol–water partition coefficient (Wildman–Crippen LogP) is 2.79. The molecule has 1 amide bonds. The molecule has 0 aliphatic carbocycles. The second-order valence-corrected chi connectivity index (χ2v) is 8.44. The van der Waals surface area contributed by atoms with E-state index < -0.39 is 22.5 Å². The molecule has 0 spiro atoms. The number of hydrazone groups is 1. The molecule has 1 N–H and O–H groups in total. The monoisotopic (exact) mass is 433 g/mol. The zero-order valence-corrected chi connectivity index (χ0v) is 18.2. The van der Waals surface area contributed by atoms with Crippen molar-refractivity contribution in [3.8, 4) is 11.5 Å². The van der Waals surface area contributed by atoms with E-state index in [0.29, 0.717) is 18.0 Å². The summed E-state index contributed by atoms with van der Waals surface area (Å²) in [4.78, 5) is 12.2. The molecule has 162 valence electrons. The average molecular weight is 434 g/mol. The molecule has 0 heterocycles. The minimum absolute atomic E-state index is 0.357. The van der Waals surface area contributed by atoms with Gasteiger partial charge < -0.3 is 9.47 Å². The lowest BCUT2D eigenvalue weighted by Gasteiger charge is -2.21. The van der Waals surface area contributed by atoms with Gasteiger partial charge in [0.2, 0.25) is 10.0 Å². The van der Waals surface area contributed by atoms with Crippen molar-refractivity contribution < 1.29 is 22.7 Å². The summed E-state index contributed by atoms with van der Waals surface area (Å²) < 4.78 is 35.9. The zero-order chi connectivity index (χ0) is 22.0. The van der Waals surface area contributed by atoms with Gasteiger partial charge in [-0.15, -0.1) is 0 Å². The van der Waals surface area contributed by atoms with Crippen molar-refractivity contribution in [3.63, 3.8) is 0 Å². The van der Waals surface area contributed by atoms with Crippen molar-refractivity contribution in [2.75, 3.05) is 30.8 Å². The maximum Gasteiger partial charge on any atom is 0.260 e. The number of hydrogen-bond acceptors (Lipinski definition) is 6. The fourth-order valence-electron chi connectivity index (χ4n) is 2.48. The van der Waals surface area contributed by atoms with E-state index in [1.54, 1.807) is 24.3 Å². The summed E-state index contributed by atoms with van der Waals surface area (Å²) in [7, 11) is -2.14. The smallest absolute Gasteiger partial charge is 0.260 e. The van der Waals surface area contributed by atoms with Crippen molar-refractivity contribution in [1.29, 1.82) is 0 Å². The number of carbonyl (C=O) groups is 1. The molecule has 0 atom stereocenters. The topological polar surface area (TPSA) is 97.3 Å². The number of unbranched alkanes of at least 4 members (excludes halogenated alkanes) is 1. The van der Waals surface area contributed by atoms with Crippen LogP contribution in [0.5, 0.6) is 11.5 Å². The van der Waals surface area contributed by atoms with E-state index in [0.717, 1.165) is 34.7 Å². The molecule has 2 aromatic carbocycles. The second kappa shape index (κ2) is 11.2. The van der Waals surface area contributed by atoms with Gasteiger partial charge in [0.1, 0.15) is 18.0 Å². The van der Waals surface area contributed by atoms with Gasteiger partial charge in [0, 0.05) is 0 Å². The molecule has 0 bridgehead atoms. The maximum absolute atomic E-state index is 12.2. The van der Waals surface area contributed by atoms with E-state index in [-0.39, 0.29) is 0 Å². The van der Waals surface area contributed by atoms with Crippen LogP contribution in [0.15, 0.2) is 53.6 Å². The molecule has 0 radical (unpaired) electrons. The standard InChI is InChI=1S/C21H27N3O5S/c1-4-5-14-29-20-10-6-17(7-11-20)15-22-23-21(25)16-24(30(3,26)27)18-8-12-19(28-2)13-9-18/h6-13,15H,4-5,14,16H2,1-3H3,(H,23,25)/b22-15-. The number of amides is 1. The van der Waals surface area contributed by atoms with Crippen LogP contribution in [0, 0.1) is 0 Å². The first kappa shape index (κ1) is 23.2. The highest BCUT2D eigenvalue weighted by Crippen LogP contribution is 2.21. The largest absolute Gasteiger partial charge is 0.497 e. The van der Waals surface area contributed by atoms with Crippen LogP contribution in [-0.2, 0) is 14.8 Å². The lowest BCUT2D eigenvalue weighted by Crippen LogP contribution is -2.39. The SMILES string of the molecule is CCCCOc1ccc(/C=N\NC(=O)CN(c2ccc(OC)cc2)S(C)(=O)=O)cc1. The molecule has 2 aromatic rings. The van der Waals surface area contributed by atoms with Crippen molar-refractivity contribution in [3.05, 3.63) is 54.1 Å². The van der Waals surface area contributed by atoms with Crippen LogP contribution >= 0.6 is 0 Å². The van der Waals surface area contributed by atoms with E-state index in [1.807, 2.05) is 24.3 Å². The zero-order valence-electron chi connectivity index (χ0n) is 17.4. The van der Waals surface area contributed by atoms with Crippen molar-refractivity contribution >= 4 is 27.8 Å². The van der Waals surface area contributed by atoms with Crippen LogP contribution in [-0.4, -0.2) is 47.1 Å². The normalized spacial score (nSPS) is 11.3. The predicted molar refractivity (Wildman–Crippen MR) is 118 cm³/mol. The van der Waals surface area contributed by atoms with Gasteiger partial charge in [-0.25, -0.2) is 13.8 Å². The van der Waals surface area contributed by atoms with E-state index in [9.17, 15) is 13.2 Å². The summed E-state index contributed by atoms with van der Waals surface area (Å²) in [6, 6.07) is 13.7.